The Morgan fingerprint density at radius 3 is 2.70 bits per heavy atom. The van der Waals surface area contributed by atoms with Gasteiger partial charge in [-0.15, -0.1) is 0 Å². The number of nitrogens with two attached hydrogens (primary N) is 1. The molecule has 0 aliphatic carbocycles. The molecule has 0 aliphatic heterocycles. The Labute approximate surface area is 115 Å². The summed E-state index contributed by atoms with van der Waals surface area (Å²) in [6, 6.07) is 8.11. The minimum atomic E-state index is -0.860. The van der Waals surface area contributed by atoms with Gasteiger partial charge in [-0.05, 0) is 17.7 Å². The molecule has 2 N–H and O–H groups in total. The van der Waals surface area contributed by atoms with Gasteiger partial charge in [-0.1, -0.05) is 12.1 Å². The maximum Gasteiger partial charge on any atom is 0.168 e. The van der Waals surface area contributed by atoms with Gasteiger partial charge in [0.05, 0.1) is 7.11 Å². The van der Waals surface area contributed by atoms with Crippen LogP contribution in [0.15, 0.2) is 30.3 Å². The van der Waals surface area contributed by atoms with Gasteiger partial charge in [0, 0.05) is 19.7 Å². The van der Waals surface area contributed by atoms with Gasteiger partial charge in [-0.3, -0.25) is 0 Å². The van der Waals surface area contributed by atoms with E-state index in [0.717, 1.165) is 11.6 Å². The minimum absolute atomic E-state index is 0.00622. The molecule has 0 radical (unpaired) electrons. The third-order valence-corrected chi connectivity index (χ3v) is 2.85. The Hall–Kier alpha value is -2.37. The first kappa shape index (κ1) is 14.0. The van der Waals surface area contributed by atoms with Crippen molar-refractivity contribution in [3.8, 4) is 5.75 Å². The summed E-state index contributed by atoms with van der Waals surface area (Å²) in [5, 5.41) is 0. The highest BCUT2D eigenvalue weighted by Gasteiger charge is 2.14. The topological polar surface area (TPSA) is 51.4 Å². The van der Waals surface area contributed by atoms with Crippen LogP contribution in [0.2, 0.25) is 0 Å². The van der Waals surface area contributed by atoms with Crippen molar-refractivity contribution < 1.29 is 13.5 Å². The van der Waals surface area contributed by atoms with Crippen molar-refractivity contribution >= 4 is 11.6 Å². The van der Waals surface area contributed by atoms with Crippen molar-refractivity contribution in [2.45, 2.75) is 6.54 Å². The molecular weight excluding hydrogens is 264 g/mol. The number of ether oxygens (including phenoxy) is 1. The van der Waals surface area contributed by atoms with Crippen molar-refractivity contribution in [1.29, 1.82) is 0 Å². The van der Waals surface area contributed by atoms with E-state index in [1.165, 1.54) is 0 Å². The summed E-state index contributed by atoms with van der Waals surface area (Å²) in [5.41, 5.74) is 6.28. The van der Waals surface area contributed by atoms with E-state index in [1.807, 2.05) is 24.3 Å². The molecule has 0 bridgehead atoms. The molecule has 0 saturated heterocycles. The number of rotatable bonds is 4. The Kier molecular flexibility index (Phi) is 4.02. The molecular formula is C14H15F2N3O. The van der Waals surface area contributed by atoms with Crippen LogP contribution in [-0.2, 0) is 6.54 Å². The molecule has 0 aliphatic rings. The average molecular weight is 279 g/mol. The zero-order valence-electron chi connectivity index (χ0n) is 11.2. The van der Waals surface area contributed by atoms with Crippen molar-refractivity contribution in [3.05, 3.63) is 47.5 Å². The van der Waals surface area contributed by atoms with Gasteiger partial charge in [0.15, 0.2) is 23.3 Å². The Bertz CT molecular complexity index is 619. The van der Waals surface area contributed by atoms with E-state index in [2.05, 4.69) is 4.98 Å². The molecule has 4 nitrogen and oxygen atoms in total. The molecule has 2 aromatic rings. The van der Waals surface area contributed by atoms with Crippen LogP contribution >= 0.6 is 0 Å². The maximum absolute atomic E-state index is 13.7. The summed E-state index contributed by atoms with van der Waals surface area (Å²) >= 11 is 0. The van der Waals surface area contributed by atoms with Crippen molar-refractivity contribution in [2.75, 3.05) is 24.8 Å². The SMILES string of the molecule is COc1cccc(CN(C)c2nc(N)c(F)cc2F)c1. The van der Waals surface area contributed by atoms with E-state index in [1.54, 1.807) is 19.1 Å². The quantitative estimate of drug-likeness (QED) is 0.934. The van der Waals surface area contributed by atoms with Crippen LogP contribution < -0.4 is 15.4 Å². The summed E-state index contributed by atoms with van der Waals surface area (Å²) in [6.07, 6.45) is 0. The smallest absolute Gasteiger partial charge is 0.168 e. The van der Waals surface area contributed by atoms with Crippen LogP contribution in [0.5, 0.6) is 5.75 Å². The van der Waals surface area contributed by atoms with Gasteiger partial charge in [-0.25, -0.2) is 13.8 Å². The standard InChI is InChI=1S/C14H15F2N3O/c1-19(8-9-4-3-5-10(6-9)20-2)14-12(16)7-11(15)13(17)18-14/h3-7H,8H2,1-2H3,(H2,17,18). The number of anilines is 2. The fourth-order valence-corrected chi connectivity index (χ4v) is 1.86. The molecule has 1 heterocycles. The van der Waals surface area contributed by atoms with Gasteiger partial charge in [0.25, 0.3) is 0 Å². The Morgan fingerprint density at radius 1 is 1.25 bits per heavy atom. The lowest BCUT2D eigenvalue weighted by molar-refractivity contribution is 0.414. The second-order valence-electron chi connectivity index (χ2n) is 4.37. The summed E-state index contributed by atoms with van der Waals surface area (Å²) in [7, 11) is 3.23. The molecule has 0 amide bonds. The number of nitrogens with zero attached hydrogens (tertiary/aromatic N) is 2. The number of benzene rings is 1. The number of halogens is 2. The van der Waals surface area contributed by atoms with Gasteiger partial charge in [0.1, 0.15) is 5.75 Å². The molecule has 2 rings (SSSR count). The normalized spacial score (nSPS) is 10.4. The van der Waals surface area contributed by atoms with Crippen molar-refractivity contribution in [2.24, 2.45) is 0 Å². The highest BCUT2D eigenvalue weighted by atomic mass is 19.1. The monoisotopic (exact) mass is 279 g/mol. The number of pyridine rings is 1. The van der Waals surface area contributed by atoms with Gasteiger partial charge in [-0.2, -0.15) is 0 Å². The number of nitrogen functional groups attached to an aromatic ring is 1. The minimum Gasteiger partial charge on any atom is -0.497 e. The van der Waals surface area contributed by atoms with Crippen LogP contribution in [0.3, 0.4) is 0 Å². The first-order valence-electron chi connectivity index (χ1n) is 5.97. The number of aromatic nitrogens is 1. The predicted molar refractivity (Wildman–Crippen MR) is 73.7 cm³/mol. The lowest BCUT2D eigenvalue weighted by atomic mass is 10.2. The van der Waals surface area contributed by atoms with Gasteiger partial charge in [0.2, 0.25) is 0 Å². The van der Waals surface area contributed by atoms with Crippen molar-refractivity contribution in [1.82, 2.24) is 4.98 Å². The third kappa shape index (κ3) is 2.96. The van der Waals surface area contributed by atoms with Crippen LogP contribution in [-0.4, -0.2) is 19.1 Å². The molecule has 20 heavy (non-hydrogen) atoms. The molecule has 6 heteroatoms. The maximum atomic E-state index is 13.7. The fourth-order valence-electron chi connectivity index (χ4n) is 1.86. The van der Waals surface area contributed by atoms with Crippen LogP contribution in [0.1, 0.15) is 5.56 Å². The predicted octanol–water partition coefficient (Wildman–Crippen LogP) is 2.59. The second-order valence-corrected chi connectivity index (χ2v) is 4.37. The summed E-state index contributed by atoms with van der Waals surface area (Å²) in [6.45, 7) is 0.395. The van der Waals surface area contributed by atoms with Gasteiger partial charge >= 0.3 is 0 Å². The van der Waals surface area contributed by atoms with E-state index in [9.17, 15) is 8.78 Å². The molecule has 0 saturated carbocycles. The summed E-state index contributed by atoms with van der Waals surface area (Å²) < 4.78 is 31.9. The molecule has 0 unspecified atom stereocenters. The zero-order chi connectivity index (χ0) is 14.7. The number of methoxy groups -OCH3 is 1. The van der Waals surface area contributed by atoms with E-state index in [-0.39, 0.29) is 11.6 Å². The largest absolute Gasteiger partial charge is 0.497 e. The second kappa shape index (κ2) is 5.73. The van der Waals surface area contributed by atoms with Crippen molar-refractivity contribution in [3.63, 3.8) is 0 Å². The molecule has 0 fully saturated rings. The Balaban J connectivity index is 2.23. The first-order chi connectivity index (χ1) is 9.51. The summed E-state index contributed by atoms with van der Waals surface area (Å²) in [5.74, 6) is -1.21. The van der Waals surface area contributed by atoms with E-state index >= 15 is 0 Å². The molecule has 106 valence electrons. The Morgan fingerprint density at radius 2 is 2.00 bits per heavy atom. The molecule has 0 atom stereocenters. The number of hydrogen-bond donors (Lipinski definition) is 1. The van der Waals surface area contributed by atoms with E-state index < -0.39 is 11.6 Å². The third-order valence-electron chi connectivity index (χ3n) is 2.85. The lowest BCUT2D eigenvalue weighted by Gasteiger charge is -2.19. The molecule has 1 aromatic carbocycles. The highest BCUT2D eigenvalue weighted by Crippen LogP contribution is 2.22. The van der Waals surface area contributed by atoms with E-state index in [4.69, 9.17) is 10.5 Å². The number of hydrogen-bond acceptors (Lipinski definition) is 4. The average Bonchev–Trinajstić information content (AvgIpc) is 2.43. The zero-order valence-corrected chi connectivity index (χ0v) is 11.2. The van der Waals surface area contributed by atoms with Crippen LogP contribution in [0.4, 0.5) is 20.4 Å². The van der Waals surface area contributed by atoms with Crippen LogP contribution in [0, 0.1) is 11.6 Å². The van der Waals surface area contributed by atoms with E-state index in [0.29, 0.717) is 12.3 Å². The molecule has 1 aromatic heterocycles. The van der Waals surface area contributed by atoms with Crippen LogP contribution in [0.25, 0.3) is 0 Å². The van der Waals surface area contributed by atoms with Gasteiger partial charge < -0.3 is 15.4 Å². The lowest BCUT2D eigenvalue weighted by Crippen LogP contribution is -2.20. The first-order valence-corrected chi connectivity index (χ1v) is 5.97. The summed E-state index contributed by atoms with van der Waals surface area (Å²) in [4.78, 5) is 5.29. The molecule has 0 spiro atoms. The highest BCUT2D eigenvalue weighted by molar-refractivity contribution is 5.47. The fraction of sp³-hybridized carbons (Fsp3) is 0.214.